The van der Waals surface area contributed by atoms with E-state index in [0.717, 1.165) is 6.54 Å². The molecule has 2 heterocycles. The number of nitrogens with zero attached hydrogens (tertiary/aromatic N) is 1. The van der Waals surface area contributed by atoms with Crippen LogP contribution in [0.5, 0.6) is 0 Å². The van der Waals surface area contributed by atoms with Crippen LogP contribution in [0, 0.1) is 0 Å². The molecule has 1 aromatic rings. The molecule has 0 saturated carbocycles. The average molecular weight is 256 g/mol. The molecule has 0 amide bonds. The number of fused-ring (bicyclic) bond motifs is 1. The molecule has 3 atom stereocenters. The maximum absolute atomic E-state index is 6.32. The highest BCUT2D eigenvalue weighted by molar-refractivity contribution is 7.78. The Kier molecular flexibility index (Phi) is 2.72. The summed E-state index contributed by atoms with van der Waals surface area (Å²) < 4.78 is 8.40. The second-order valence-corrected chi connectivity index (χ2v) is 6.63. The van der Waals surface area contributed by atoms with Gasteiger partial charge in [-0.05, 0) is 36.6 Å². The number of halogens is 1. The van der Waals surface area contributed by atoms with Gasteiger partial charge in [0.25, 0.3) is 0 Å². The van der Waals surface area contributed by atoms with Crippen molar-refractivity contribution in [2.45, 2.75) is 31.4 Å². The lowest BCUT2D eigenvalue weighted by molar-refractivity contribution is 0.0897. The molecule has 1 aromatic carbocycles. The van der Waals surface area contributed by atoms with Crippen LogP contribution in [-0.2, 0) is 10.1 Å². The Morgan fingerprint density at radius 1 is 1.44 bits per heavy atom. The summed E-state index contributed by atoms with van der Waals surface area (Å²) in [6.07, 6.45) is 2.43. The standard InChI is InChI=1S/C12H15ClNOP/c1-12(10-6-3-2-4-7-10)11-8-5-9-14(11)16(13)15-12/h2-4,6-7,11H,5,8-9H2,1H3. The van der Waals surface area contributed by atoms with Gasteiger partial charge < -0.3 is 4.52 Å². The van der Waals surface area contributed by atoms with E-state index in [1.807, 2.05) is 6.07 Å². The average Bonchev–Trinajstić information content (AvgIpc) is 2.86. The van der Waals surface area contributed by atoms with Gasteiger partial charge in [0, 0.05) is 6.54 Å². The van der Waals surface area contributed by atoms with Crippen LogP contribution in [0.25, 0.3) is 0 Å². The molecule has 86 valence electrons. The zero-order valence-electron chi connectivity index (χ0n) is 9.27. The zero-order chi connectivity index (χ0) is 11.2. The van der Waals surface area contributed by atoms with Crippen LogP contribution in [-0.4, -0.2) is 17.3 Å². The van der Waals surface area contributed by atoms with Gasteiger partial charge in [-0.25, -0.2) is 4.67 Å². The van der Waals surface area contributed by atoms with E-state index in [2.05, 4.69) is 35.9 Å². The van der Waals surface area contributed by atoms with Crippen LogP contribution in [0.3, 0.4) is 0 Å². The lowest BCUT2D eigenvalue weighted by atomic mass is 9.87. The molecule has 16 heavy (non-hydrogen) atoms. The molecular formula is C12H15ClNOP. The highest BCUT2D eigenvalue weighted by Gasteiger charge is 2.53. The highest BCUT2D eigenvalue weighted by atomic mass is 35.7. The van der Waals surface area contributed by atoms with Crippen LogP contribution in [0.15, 0.2) is 30.3 Å². The smallest absolute Gasteiger partial charge is 0.208 e. The molecule has 0 N–H and O–H groups in total. The predicted octanol–water partition coefficient (Wildman–Crippen LogP) is 3.86. The van der Waals surface area contributed by atoms with Gasteiger partial charge in [0.15, 0.2) is 0 Å². The van der Waals surface area contributed by atoms with E-state index in [1.54, 1.807) is 0 Å². The van der Waals surface area contributed by atoms with Crippen LogP contribution in [0.1, 0.15) is 25.3 Å². The number of benzene rings is 1. The molecule has 2 fully saturated rings. The van der Waals surface area contributed by atoms with Gasteiger partial charge >= 0.3 is 0 Å². The summed E-state index contributed by atoms with van der Waals surface area (Å²) in [7, 11) is -0.911. The van der Waals surface area contributed by atoms with Gasteiger partial charge in [0.05, 0.1) is 6.04 Å². The largest absolute Gasteiger partial charge is 0.319 e. The van der Waals surface area contributed by atoms with Gasteiger partial charge in [-0.2, -0.15) is 0 Å². The Morgan fingerprint density at radius 2 is 2.19 bits per heavy atom. The third kappa shape index (κ3) is 1.52. The second kappa shape index (κ2) is 3.96. The minimum Gasteiger partial charge on any atom is -0.319 e. The summed E-state index contributed by atoms with van der Waals surface area (Å²) in [4.78, 5) is 0. The van der Waals surface area contributed by atoms with Crippen molar-refractivity contribution in [2.24, 2.45) is 0 Å². The molecule has 0 aliphatic carbocycles. The van der Waals surface area contributed by atoms with Crippen molar-refractivity contribution >= 4 is 18.9 Å². The molecule has 2 saturated heterocycles. The molecule has 0 bridgehead atoms. The monoisotopic (exact) mass is 255 g/mol. The van der Waals surface area contributed by atoms with E-state index in [1.165, 1.54) is 18.4 Å². The molecule has 0 aromatic heterocycles. The summed E-state index contributed by atoms with van der Waals surface area (Å²) in [5.74, 6) is 0. The Labute approximate surface area is 102 Å². The normalized spacial score (nSPS) is 38.9. The lowest BCUT2D eigenvalue weighted by Gasteiger charge is -2.29. The van der Waals surface area contributed by atoms with Gasteiger partial charge in [-0.1, -0.05) is 30.3 Å². The minimum absolute atomic E-state index is 0.217. The first-order valence-corrected chi connectivity index (χ1v) is 7.81. The van der Waals surface area contributed by atoms with Gasteiger partial charge in [-0.15, -0.1) is 0 Å². The van der Waals surface area contributed by atoms with Crippen molar-refractivity contribution in [3.05, 3.63) is 35.9 Å². The summed E-state index contributed by atoms with van der Waals surface area (Å²) in [5.41, 5.74) is 1.03. The highest BCUT2D eigenvalue weighted by Crippen LogP contribution is 2.64. The maximum Gasteiger partial charge on any atom is 0.208 e. The summed E-state index contributed by atoms with van der Waals surface area (Å²) in [5, 5.41) is 0. The van der Waals surface area contributed by atoms with E-state index in [9.17, 15) is 0 Å². The van der Waals surface area contributed by atoms with E-state index in [-0.39, 0.29) is 5.60 Å². The predicted molar refractivity (Wildman–Crippen MR) is 67.4 cm³/mol. The van der Waals surface area contributed by atoms with Crippen LogP contribution in [0.2, 0.25) is 0 Å². The number of hydrogen-bond donors (Lipinski definition) is 0. The zero-order valence-corrected chi connectivity index (χ0v) is 10.9. The maximum atomic E-state index is 6.32. The molecule has 4 heteroatoms. The van der Waals surface area contributed by atoms with Crippen molar-refractivity contribution in [2.75, 3.05) is 6.54 Å². The fourth-order valence-electron chi connectivity index (χ4n) is 2.78. The van der Waals surface area contributed by atoms with E-state index in [0.29, 0.717) is 6.04 Å². The quantitative estimate of drug-likeness (QED) is 0.707. The Morgan fingerprint density at radius 3 is 2.94 bits per heavy atom. The third-order valence-corrected chi connectivity index (χ3v) is 5.88. The lowest BCUT2D eigenvalue weighted by Crippen LogP contribution is -2.36. The van der Waals surface area contributed by atoms with Gasteiger partial charge in [0.1, 0.15) is 5.60 Å². The topological polar surface area (TPSA) is 12.5 Å². The van der Waals surface area contributed by atoms with E-state index < -0.39 is 7.65 Å². The van der Waals surface area contributed by atoms with Crippen molar-refractivity contribution in [1.29, 1.82) is 0 Å². The fourth-order valence-corrected chi connectivity index (χ4v) is 5.25. The third-order valence-electron chi connectivity index (χ3n) is 3.67. The van der Waals surface area contributed by atoms with Crippen molar-refractivity contribution in [1.82, 2.24) is 4.67 Å². The molecule has 3 rings (SSSR count). The molecule has 3 unspecified atom stereocenters. The van der Waals surface area contributed by atoms with Crippen LogP contribution < -0.4 is 0 Å². The minimum atomic E-state index is -0.911. The molecule has 2 nitrogen and oxygen atoms in total. The Balaban J connectivity index is 1.99. The summed E-state index contributed by atoms with van der Waals surface area (Å²) in [6, 6.07) is 10.9. The SMILES string of the molecule is CC1(c2ccccc2)OP(Cl)N2CCCC21. The van der Waals surface area contributed by atoms with Crippen molar-refractivity contribution in [3.63, 3.8) is 0 Å². The van der Waals surface area contributed by atoms with Crippen molar-refractivity contribution < 1.29 is 4.52 Å². The number of rotatable bonds is 1. The first-order chi connectivity index (χ1) is 7.72. The van der Waals surface area contributed by atoms with Gasteiger partial charge in [-0.3, -0.25) is 0 Å². The van der Waals surface area contributed by atoms with Gasteiger partial charge in [0.2, 0.25) is 7.65 Å². The molecule has 0 spiro atoms. The first kappa shape index (κ1) is 11.0. The van der Waals surface area contributed by atoms with Crippen LogP contribution in [0.4, 0.5) is 0 Å². The molecule has 2 aliphatic heterocycles. The summed E-state index contributed by atoms with van der Waals surface area (Å²) >= 11 is 6.32. The number of hydrogen-bond acceptors (Lipinski definition) is 2. The molecular weight excluding hydrogens is 241 g/mol. The van der Waals surface area contributed by atoms with Crippen molar-refractivity contribution in [3.8, 4) is 0 Å². The fraction of sp³-hybridized carbons (Fsp3) is 0.500. The Bertz CT molecular complexity index is 388. The van der Waals surface area contributed by atoms with E-state index >= 15 is 0 Å². The van der Waals surface area contributed by atoms with Crippen LogP contribution >= 0.6 is 18.9 Å². The molecule has 0 radical (unpaired) electrons. The van der Waals surface area contributed by atoms with E-state index in [4.69, 9.17) is 15.8 Å². The molecule has 2 aliphatic rings. The second-order valence-electron chi connectivity index (χ2n) is 4.61. The first-order valence-electron chi connectivity index (χ1n) is 5.69. The summed E-state index contributed by atoms with van der Waals surface area (Å²) in [6.45, 7) is 3.26. The Hall–Kier alpha value is -0.140.